The molecule has 0 aromatic rings. The van der Waals surface area contributed by atoms with Gasteiger partial charge in [-0.2, -0.15) is 17.0 Å². The van der Waals surface area contributed by atoms with Gasteiger partial charge in [-0.15, -0.1) is 0 Å². The molecule has 1 N–H and O–H groups in total. The van der Waals surface area contributed by atoms with Crippen molar-refractivity contribution in [1.29, 1.82) is 5.26 Å². The van der Waals surface area contributed by atoms with E-state index in [1.807, 2.05) is 11.8 Å². The predicted molar refractivity (Wildman–Crippen MR) is 71.6 cm³/mol. The van der Waals surface area contributed by atoms with E-state index in [-0.39, 0.29) is 5.92 Å². The molecule has 1 fully saturated rings. The Bertz CT molecular complexity index is 224. The summed E-state index contributed by atoms with van der Waals surface area (Å²) >= 11 is 1.89. The third-order valence-electron chi connectivity index (χ3n) is 3.49. The molecule has 16 heavy (non-hydrogen) atoms. The maximum Gasteiger partial charge on any atom is 0.0672 e. The number of hydrogen-bond donors (Lipinski definition) is 1. The molecule has 0 aromatic heterocycles. The Hall–Kier alpha value is -0.200. The molecule has 0 aliphatic heterocycles. The number of hydrogen-bond acceptors (Lipinski definition) is 3. The zero-order valence-corrected chi connectivity index (χ0v) is 11.4. The topological polar surface area (TPSA) is 35.8 Å². The molecule has 3 heteroatoms. The molecule has 0 bridgehead atoms. The van der Waals surface area contributed by atoms with E-state index >= 15 is 0 Å². The Labute approximate surface area is 104 Å². The van der Waals surface area contributed by atoms with Crippen LogP contribution in [0.15, 0.2) is 0 Å². The summed E-state index contributed by atoms with van der Waals surface area (Å²) in [6.45, 7) is 2.23. The Balaban J connectivity index is 2.50. The Morgan fingerprint density at radius 1 is 1.38 bits per heavy atom. The number of rotatable bonds is 5. The SMILES string of the molecule is CCC(CSC)NC1CCCCCC1C#N. The third-order valence-corrected chi connectivity index (χ3v) is 4.23. The lowest BCUT2D eigenvalue weighted by Gasteiger charge is -2.26. The minimum absolute atomic E-state index is 0.235. The maximum absolute atomic E-state index is 9.21. The number of thioether (sulfide) groups is 1. The Kier molecular flexibility index (Phi) is 6.91. The summed E-state index contributed by atoms with van der Waals surface area (Å²) in [5.74, 6) is 1.39. The van der Waals surface area contributed by atoms with Crippen LogP contribution in [-0.2, 0) is 0 Å². The highest BCUT2D eigenvalue weighted by atomic mass is 32.2. The molecule has 1 rings (SSSR count). The lowest BCUT2D eigenvalue weighted by atomic mass is 9.95. The van der Waals surface area contributed by atoms with Gasteiger partial charge >= 0.3 is 0 Å². The van der Waals surface area contributed by atoms with Crippen LogP contribution in [0.4, 0.5) is 0 Å². The normalized spacial score (nSPS) is 28.1. The summed E-state index contributed by atoms with van der Waals surface area (Å²) in [6, 6.07) is 3.51. The zero-order chi connectivity index (χ0) is 11.8. The highest BCUT2D eigenvalue weighted by Gasteiger charge is 2.24. The zero-order valence-electron chi connectivity index (χ0n) is 10.5. The first kappa shape index (κ1) is 13.9. The highest BCUT2D eigenvalue weighted by molar-refractivity contribution is 7.98. The third kappa shape index (κ3) is 4.35. The first-order valence-electron chi connectivity index (χ1n) is 6.46. The summed E-state index contributed by atoms with van der Waals surface area (Å²) in [5.41, 5.74) is 0. The minimum atomic E-state index is 0.235. The summed E-state index contributed by atoms with van der Waals surface area (Å²) < 4.78 is 0. The van der Waals surface area contributed by atoms with Crippen LogP contribution >= 0.6 is 11.8 Å². The van der Waals surface area contributed by atoms with Crippen LogP contribution in [0.25, 0.3) is 0 Å². The van der Waals surface area contributed by atoms with Crippen LogP contribution < -0.4 is 5.32 Å². The van der Waals surface area contributed by atoms with Crippen LogP contribution in [0.3, 0.4) is 0 Å². The van der Waals surface area contributed by atoms with E-state index in [0.29, 0.717) is 12.1 Å². The van der Waals surface area contributed by atoms with Crippen LogP contribution in [-0.4, -0.2) is 24.1 Å². The van der Waals surface area contributed by atoms with Crippen molar-refractivity contribution < 1.29 is 0 Å². The molecular formula is C13H24N2S. The van der Waals surface area contributed by atoms with Gasteiger partial charge in [0.2, 0.25) is 0 Å². The summed E-state index contributed by atoms with van der Waals surface area (Å²) in [7, 11) is 0. The van der Waals surface area contributed by atoms with Gasteiger partial charge in [0.05, 0.1) is 12.0 Å². The number of nitriles is 1. The van der Waals surface area contributed by atoms with Crippen LogP contribution in [0.1, 0.15) is 45.4 Å². The van der Waals surface area contributed by atoms with Crippen molar-refractivity contribution in [1.82, 2.24) is 5.32 Å². The van der Waals surface area contributed by atoms with Crippen molar-refractivity contribution in [3.63, 3.8) is 0 Å². The van der Waals surface area contributed by atoms with Crippen molar-refractivity contribution in [3.05, 3.63) is 0 Å². The van der Waals surface area contributed by atoms with Gasteiger partial charge in [0, 0.05) is 17.8 Å². The molecule has 1 aliphatic rings. The molecule has 0 aromatic carbocycles. The average molecular weight is 240 g/mol. The maximum atomic E-state index is 9.21. The monoisotopic (exact) mass is 240 g/mol. The second-order valence-corrected chi connectivity index (χ2v) is 5.62. The molecule has 92 valence electrons. The van der Waals surface area contributed by atoms with Crippen LogP contribution in [0, 0.1) is 17.2 Å². The van der Waals surface area contributed by atoms with Crippen molar-refractivity contribution in [3.8, 4) is 6.07 Å². The lowest BCUT2D eigenvalue weighted by molar-refractivity contribution is 0.356. The second-order valence-electron chi connectivity index (χ2n) is 4.71. The quantitative estimate of drug-likeness (QED) is 0.750. The van der Waals surface area contributed by atoms with Gasteiger partial charge in [-0.1, -0.05) is 26.2 Å². The fourth-order valence-electron chi connectivity index (χ4n) is 2.45. The smallest absolute Gasteiger partial charge is 0.0672 e. The van der Waals surface area contributed by atoms with Gasteiger partial charge < -0.3 is 5.32 Å². The molecule has 2 nitrogen and oxygen atoms in total. The van der Waals surface area contributed by atoms with Crippen LogP contribution in [0.5, 0.6) is 0 Å². The molecule has 0 amide bonds. The van der Waals surface area contributed by atoms with Crippen LogP contribution in [0.2, 0.25) is 0 Å². The van der Waals surface area contributed by atoms with E-state index in [2.05, 4.69) is 24.6 Å². The van der Waals surface area contributed by atoms with E-state index in [9.17, 15) is 5.26 Å². The van der Waals surface area contributed by atoms with E-state index in [0.717, 1.165) is 18.6 Å². The van der Waals surface area contributed by atoms with E-state index in [1.165, 1.54) is 25.7 Å². The fourth-order valence-corrected chi connectivity index (χ4v) is 3.18. The molecule has 3 unspecified atom stereocenters. The molecule has 1 aliphatic carbocycles. The van der Waals surface area contributed by atoms with E-state index in [1.54, 1.807) is 0 Å². The predicted octanol–water partition coefficient (Wildman–Crippen LogP) is 3.19. The molecule has 0 saturated heterocycles. The largest absolute Gasteiger partial charge is 0.309 e. The summed E-state index contributed by atoms with van der Waals surface area (Å²) in [6.07, 6.45) is 9.40. The summed E-state index contributed by atoms with van der Waals surface area (Å²) in [4.78, 5) is 0. The van der Waals surface area contributed by atoms with E-state index in [4.69, 9.17) is 0 Å². The first-order chi connectivity index (χ1) is 7.81. The van der Waals surface area contributed by atoms with Gasteiger partial charge in [-0.25, -0.2) is 0 Å². The minimum Gasteiger partial charge on any atom is -0.309 e. The molecule has 0 heterocycles. The Morgan fingerprint density at radius 2 is 2.12 bits per heavy atom. The molecular weight excluding hydrogens is 216 g/mol. The van der Waals surface area contributed by atoms with Crippen molar-refractivity contribution >= 4 is 11.8 Å². The standard InChI is InChI=1S/C13H24N2S/c1-3-12(10-16-2)15-13-8-6-4-5-7-11(13)9-14/h11-13,15H,3-8,10H2,1-2H3. The number of nitrogens with one attached hydrogen (secondary N) is 1. The molecule has 0 radical (unpaired) electrons. The van der Waals surface area contributed by atoms with Crippen molar-refractivity contribution in [2.75, 3.05) is 12.0 Å². The second kappa shape index (κ2) is 7.97. The molecule has 1 saturated carbocycles. The highest BCUT2D eigenvalue weighted by Crippen LogP contribution is 2.23. The summed E-state index contributed by atoms with van der Waals surface area (Å²) in [5, 5.41) is 12.9. The van der Waals surface area contributed by atoms with Gasteiger partial charge in [0.15, 0.2) is 0 Å². The van der Waals surface area contributed by atoms with Gasteiger partial charge in [0.1, 0.15) is 0 Å². The Morgan fingerprint density at radius 3 is 2.75 bits per heavy atom. The fraction of sp³-hybridized carbons (Fsp3) is 0.923. The van der Waals surface area contributed by atoms with Crippen molar-refractivity contribution in [2.24, 2.45) is 5.92 Å². The van der Waals surface area contributed by atoms with Gasteiger partial charge in [-0.05, 0) is 25.5 Å². The van der Waals surface area contributed by atoms with Crippen molar-refractivity contribution in [2.45, 2.75) is 57.5 Å². The number of nitrogens with zero attached hydrogens (tertiary/aromatic N) is 1. The van der Waals surface area contributed by atoms with Gasteiger partial charge in [-0.3, -0.25) is 0 Å². The average Bonchev–Trinajstić information content (AvgIpc) is 2.53. The lowest BCUT2D eigenvalue weighted by Crippen LogP contribution is -2.43. The molecule has 0 spiro atoms. The van der Waals surface area contributed by atoms with Gasteiger partial charge in [0.25, 0.3) is 0 Å². The first-order valence-corrected chi connectivity index (χ1v) is 7.85. The molecule has 3 atom stereocenters. The van der Waals surface area contributed by atoms with E-state index < -0.39 is 0 Å².